The van der Waals surface area contributed by atoms with Crippen molar-refractivity contribution in [1.29, 1.82) is 0 Å². The summed E-state index contributed by atoms with van der Waals surface area (Å²) in [6.45, 7) is 0.436. The van der Waals surface area contributed by atoms with Gasteiger partial charge in [0.1, 0.15) is 5.52 Å². The molecule has 1 N–H and O–H groups in total. The zero-order valence-corrected chi connectivity index (χ0v) is 16.0. The average molecular weight is 386 g/mol. The monoisotopic (exact) mass is 386 g/mol. The van der Waals surface area contributed by atoms with Crippen LogP contribution in [-0.2, 0) is 6.54 Å². The SMILES string of the molecule is O=C(NC1CCCC1)c1ccc2c(c1)n(Cc1ccccc1)c(=O)c1ccnn12. The van der Waals surface area contributed by atoms with Crippen LogP contribution in [0.2, 0.25) is 0 Å². The van der Waals surface area contributed by atoms with Crippen LogP contribution >= 0.6 is 0 Å². The van der Waals surface area contributed by atoms with E-state index in [9.17, 15) is 9.59 Å². The van der Waals surface area contributed by atoms with Crippen molar-refractivity contribution in [1.82, 2.24) is 19.5 Å². The van der Waals surface area contributed by atoms with Crippen LogP contribution in [0.1, 0.15) is 41.6 Å². The highest BCUT2D eigenvalue weighted by Gasteiger charge is 2.19. The van der Waals surface area contributed by atoms with Crippen molar-refractivity contribution in [2.75, 3.05) is 0 Å². The molecule has 1 aliphatic carbocycles. The molecular formula is C23H22N4O2. The van der Waals surface area contributed by atoms with E-state index in [-0.39, 0.29) is 17.5 Å². The van der Waals surface area contributed by atoms with E-state index < -0.39 is 0 Å². The van der Waals surface area contributed by atoms with Crippen molar-refractivity contribution >= 4 is 22.5 Å². The van der Waals surface area contributed by atoms with Gasteiger partial charge in [0.15, 0.2) is 0 Å². The van der Waals surface area contributed by atoms with Gasteiger partial charge in [-0.05, 0) is 42.7 Å². The molecule has 0 spiro atoms. The Morgan fingerprint density at radius 1 is 1.00 bits per heavy atom. The standard InChI is InChI=1S/C23H22N4O2/c28-22(25-18-8-4-5-9-18)17-10-11-19-21(14-17)26(15-16-6-2-1-3-7-16)23(29)20-12-13-24-27(19)20/h1-3,6-7,10-14,18H,4-5,8-9,15H2,(H,25,28). The zero-order chi connectivity index (χ0) is 19.8. The molecule has 0 bridgehead atoms. The van der Waals surface area contributed by atoms with Gasteiger partial charge in [-0.25, -0.2) is 4.52 Å². The van der Waals surface area contributed by atoms with Crippen LogP contribution in [0, 0.1) is 0 Å². The first-order valence-corrected chi connectivity index (χ1v) is 10.1. The Labute approximate surface area is 167 Å². The number of rotatable bonds is 4. The minimum atomic E-state index is -0.118. The van der Waals surface area contributed by atoms with Crippen molar-refractivity contribution in [3.8, 4) is 0 Å². The Balaban J connectivity index is 1.64. The minimum Gasteiger partial charge on any atom is -0.349 e. The Hall–Kier alpha value is -3.41. The number of hydrogen-bond acceptors (Lipinski definition) is 3. The van der Waals surface area contributed by atoms with Crippen molar-refractivity contribution in [2.45, 2.75) is 38.3 Å². The van der Waals surface area contributed by atoms with Gasteiger partial charge in [-0.3, -0.25) is 9.59 Å². The Morgan fingerprint density at radius 3 is 2.59 bits per heavy atom. The highest BCUT2D eigenvalue weighted by molar-refractivity contribution is 5.97. The lowest BCUT2D eigenvalue weighted by molar-refractivity contribution is 0.0938. The normalized spacial score (nSPS) is 14.6. The number of hydrogen-bond donors (Lipinski definition) is 1. The van der Waals surface area contributed by atoms with Crippen molar-refractivity contribution in [2.24, 2.45) is 0 Å². The first-order chi connectivity index (χ1) is 14.2. The molecular weight excluding hydrogens is 364 g/mol. The number of aromatic nitrogens is 3. The van der Waals surface area contributed by atoms with E-state index in [1.54, 1.807) is 21.3 Å². The topological polar surface area (TPSA) is 68.4 Å². The molecule has 0 atom stereocenters. The van der Waals surface area contributed by atoms with Gasteiger partial charge < -0.3 is 9.88 Å². The lowest BCUT2D eigenvalue weighted by atomic mass is 10.1. The molecule has 1 amide bonds. The Kier molecular flexibility index (Phi) is 4.39. The van der Waals surface area contributed by atoms with Gasteiger partial charge in [-0.1, -0.05) is 43.2 Å². The van der Waals surface area contributed by atoms with E-state index in [4.69, 9.17) is 0 Å². The van der Waals surface area contributed by atoms with E-state index in [0.29, 0.717) is 23.1 Å². The lowest BCUT2D eigenvalue weighted by Crippen LogP contribution is -2.32. The first kappa shape index (κ1) is 17.7. The number of fused-ring (bicyclic) bond motifs is 3. The molecule has 1 aliphatic rings. The molecule has 0 aliphatic heterocycles. The predicted molar refractivity (Wildman–Crippen MR) is 112 cm³/mol. The number of nitrogens with one attached hydrogen (secondary N) is 1. The molecule has 2 aromatic carbocycles. The minimum absolute atomic E-state index is 0.0851. The molecule has 6 heteroatoms. The van der Waals surface area contributed by atoms with Crippen molar-refractivity contribution < 1.29 is 4.79 Å². The fraction of sp³-hybridized carbons (Fsp3) is 0.261. The molecule has 4 aromatic rings. The van der Waals surface area contributed by atoms with Gasteiger partial charge in [0.25, 0.3) is 11.5 Å². The van der Waals surface area contributed by atoms with Crippen LogP contribution in [-0.4, -0.2) is 26.1 Å². The summed E-state index contributed by atoms with van der Waals surface area (Å²) in [4.78, 5) is 26.0. The fourth-order valence-corrected chi connectivity index (χ4v) is 4.23. The summed E-state index contributed by atoms with van der Waals surface area (Å²) < 4.78 is 3.38. The van der Waals surface area contributed by atoms with Crippen LogP contribution in [0.15, 0.2) is 65.6 Å². The summed E-state index contributed by atoms with van der Waals surface area (Å²) >= 11 is 0. The maximum atomic E-state index is 13.2. The number of carbonyl (C=O) groups is 1. The fourth-order valence-electron chi connectivity index (χ4n) is 4.23. The molecule has 2 aromatic heterocycles. The zero-order valence-electron chi connectivity index (χ0n) is 16.0. The second-order valence-electron chi connectivity index (χ2n) is 7.66. The summed E-state index contributed by atoms with van der Waals surface area (Å²) in [5, 5.41) is 7.44. The van der Waals surface area contributed by atoms with Crippen LogP contribution in [0.5, 0.6) is 0 Å². The van der Waals surface area contributed by atoms with Crippen molar-refractivity contribution in [3.63, 3.8) is 0 Å². The second kappa shape index (κ2) is 7.20. The lowest BCUT2D eigenvalue weighted by Gasteiger charge is -2.15. The third-order valence-corrected chi connectivity index (χ3v) is 5.74. The van der Waals surface area contributed by atoms with Gasteiger partial charge in [0.2, 0.25) is 0 Å². The van der Waals surface area contributed by atoms with E-state index in [1.165, 1.54) is 0 Å². The van der Waals surface area contributed by atoms with Crippen molar-refractivity contribution in [3.05, 3.63) is 82.3 Å². The van der Waals surface area contributed by atoms with E-state index >= 15 is 0 Å². The number of amides is 1. The largest absolute Gasteiger partial charge is 0.349 e. The Morgan fingerprint density at radius 2 is 1.79 bits per heavy atom. The first-order valence-electron chi connectivity index (χ1n) is 10.1. The molecule has 146 valence electrons. The highest BCUT2D eigenvalue weighted by Crippen LogP contribution is 2.20. The average Bonchev–Trinajstić information content (AvgIpc) is 3.43. The maximum absolute atomic E-state index is 13.2. The molecule has 2 heterocycles. The molecule has 5 rings (SSSR count). The number of nitrogens with zero attached hydrogens (tertiary/aromatic N) is 3. The third kappa shape index (κ3) is 3.20. The number of benzene rings is 2. The van der Waals surface area contributed by atoms with E-state index in [0.717, 1.165) is 36.8 Å². The van der Waals surface area contributed by atoms with E-state index in [1.807, 2.05) is 48.5 Å². The van der Waals surface area contributed by atoms with Crippen LogP contribution < -0.4 is 10.9 Å². The molecule has 1 fully saturated rings. The quantitative estimate of drug-likeness (QED) is 0.585. The number of carbonyl (C=O) groups excluding carboxylic acids is 1. The van der Waals surface area contributed by atoms with Crippen LogP contribution in [0.4, 0.5) is 0 Å². The summed E-state index contributed by atoms with van der Waals surface area (Å²) in [5.74, 6) is -0.0851. The van der Waals surface area contributed by atoms with Crippen LogP contribution in [0.3, 0.4) is 0 Å². The third-order valence-electron chi connectivity index (χ3n) is 5.74. The maximum Gasteiger partial charge on any atom is 0.277 e. The van der Waals surface area contributed by atoms with Gasteiger partial charge in [0, 0.05) is 11.6 Å². The Bertz CT molecular complexity index is 1250. The predicted octanol–water partition coefficient (Wildman–Crippen LogP) is 3.37. The molecule has 0 radical (unpaired) electrons. The summed E-state index contributed by atoms with van der Waals surface area (Å²) in [6.07, 6.45) is 6.02. The molecule has 0 unspecified atom stereocenters. The van der Waals surface area contributed by atoms with Gasteiger partial charge in [-0.2, -0.15) is 5.10 Å². The van der Waals surface area contributed by atoms with Crippen LogP contribution in [0.25, 0.3) is 16.6 Å². The van der Waals surface area contributed by atoms with E-state index in [2.05, 4.69) is 10.4 Å². The van der Waals surface area contributed by atoms with Gasteiger partial charge in [-0.15, -0.1) is 0 Å². The second-order valence-corrected chi connectivity index (χ2v) is 7.66. The highest BCUT2D eigenvalue weighted by atomic mass is 16.1. The molecule has 29 heavy (non-hydrogen) atoms. The van der Waals surface area contributed by atoms with Gasteiger partial charge >= 0.3 is 0 Å². The van der Waals surface area contributed by atoms with Gasteiger partial charge in [0.05, 0.1) is 23.8 Å². The molecule has 6 nitrogen and oxygen atoms in total. The smallest absolute Gasteiger partial charge is 0.277 e. The molecule has 1 saturated carbocycles. The summed E-state index contributed by atoms with van der Waals surface area (Å²) in [6, 6.07) is 17.3. The summed E-state index contributed by atoms with van der Waals surface area (Å²) in [5.41, 5.74) is 3.51. The molecule has 0 saturated heterocycles. The summed E-state index contributed by atoms with van der Waals surface area (Å²) in [7, 11) is 0.